The highest BCUT2D eigenvalue weighted by atomic mass is 35.5. The summed E-state index contributed by atoms with van der Waals surface area (Å²) in [5.74, 6) is -0.192. The van der Waals surface area contributed by atoms with E-state index in [1.165, 1.54) is 0 Å². The number of hydrogen-bond donors (Lipinski definition) is 0. The van der Waals surface area contributed by atoms with Crippen LogP contribution in [0.3, 0.4) is 0 Å². The van der Waals surface area contributed by atoms with Crippen LogP contribution >= 0.6 is 11.6 Å². The summed E-state index contributed by atoms with van der Waals surface area (Å²) in [4.78, 5) is 18.2. The van der Waals surface area contributed by atoms with Crippen molar-refractivity contribution in [3.63, 3.8) is 0 Å². The van der Waals surface area contributed by atoms with Crippen LogP contribution in [0.1, 0.15) is 5.69 Å². The van der Waals surface area contributed by atoms with Gasteiger partial charge in [-0.3, -0.25) is 9.78 Å². The maximum atomic E-state index is 12.2. The Morgan fingerprint density at radius 2 is 1.77 bits per heavy atom. The van der Waals surface area contributed by atoms with E-state index < -0.39 is 0 Å². The molecule has 0 radical (unpaired) electrons. The van der Waals surface area contributed by atoms with Crippen LogP contribution in [0.15, 0.2) is 66.9 Å². The number of halogens is 1. The molecule has 1 heterocycles. The normalized spacial score (nSPS) is 10.6. The second-order valence-corrected chi connectivity index (χ2v) is 5.23. The van der Waals surface area contributed by atoms with Crippen molar-refractivity contribution in [3.8, 4) is 0 Å². The first kappa shape index (κ1) is 14.5. The predicted molar refractivity (Wildman–Crippen MR) is 90.1 cm³/mol. The summed E-state index contributed by atoms with van der Waals surface area (Å²) in [6.45, 7) is 0.407. The van der Waals surface area contributed by atoms with Gasteiger partial charge in [0.15, 0.2) is 0 Å². The maximum Gasteiger partial charge on any atom is 0.242 e. The quantitative estimate of drug-likeness (QED) is 0.682. The fraction of sp³-hybridized carbons (Fsp3) is 0.111. The Morgan fingerprint density at radius 3 is 2.50 bits per heavy atom. The molecule has 110 valence electrons. The molecular formula is C18H15ClN2O. The van der Waals surface area contributed by atoms with E-state index in [1.807, 2.05) is 60.7 Å². The van der Waals surface area contributed by atoms with Crippen LogP contribution in [-0.2, 0) is 11.3 Å². The molecule has 0 saturated carbocycles. The Kier molecular flexibility index (Phi) is 4.35. The van der Waals surface area contributed by atoms with Crippen LogP contribution in [0.2, 0.25) is 0 Å². The summed E-state index contributed by atoms with van der Waals surface area (Å²) in [5.41, 5.74) is 1.66. The maximum absolute atomic E-state index is 12.2. The third-order valence-corrected chi connectivity index (χ3v) is 3.73. The zero-order valence-electron chi connectivity index (χ0n) is 11.9. The van der Waals surface area contributed by atoms with Crippen LogP contribution in [0, 0.1) is 0 Å². The number of aromatic nitrogens is 1. The lowest BCUT2D eigenvalue weighted by molar-refractivity contribution is -0.116. The summed E-state index contributed by atoms with van der Waals surface area (Å²) < 4.78 is 0. The molecule has 0 atom stereocenters. The number of hydrogen-bond acceptors (Lipinski definition) is 2. The number of alkyl halides is 1. The molecule has 2 aromatic carbocycles. The zero-order valence-corrected chi connectivity index (χ0v) is 12.7. The van der Waals surface area contributed by atoms with E-state index >= 15 is 0 Å². The predicted octanol–water partition coefficient (Wildman–Crippen LogP) is 4.01. The average Bonchev–Trinajstić information content (AvgIpc) is 2.59. The van der Waals surface area contributed by atoms with E-state index in [4.69, 9.17) is 11.6 Å². The molecule has 0 aliphatic carbocycles. The van der Waals surface area contributed by atoms with Gasteiger partial charge in [-0.25, -0.2) is 0 Å². The molecule has 22 heavy (non-hydrogen) atoms. The fourth-order valence-corrected chi connectivity index (χ4v) is 2.54. The van der Waals surface area contributed by atoms with Crippen molar-refractivity contribution in [2.24, 2.45) is 0 Å². The monoisotopic (exact) mass is 310 g/mol. The van der Waals surface area contributed by atoms with Crippen molar-refractivity contribution in [2.45, 2.75) is 6.54 Å². The fourth-order valence-electron chi connectivity index (χ4n) is 2.39. The summed E-state index contributed by atoms with van der Waals surface area (Å²) >= 11 is 5.77. The van der Waals surface area contributed by atoms with Gasteiger partial charge >= 0.3 is 0 Å². The smallest absolute Gasteiger partial charge is 0.242 e. The SMILES string of the molecule is O=C(CCl)N(Cc1ccccn1)c1ccc2ccccc2c1. The highest BCUT2D eigenvalue weighted by Crippen LogP contribution is 2.23. The van der Waals surface area contributed by atoms with Gasteiger partial charge in [0.2, 0.25) is 5.91 Å². The number of carbonyl (C=O) groups excluding carboxylic acids is 1. The number of fused-ring (bicyclic) bond motifs is 1. The Hall–Kier alpha value is -2.39. The van der Waals surface area contributed by atoms with E-state index in [1.54, 1.807) is 11.1 Å². The van der Waals surface area contributed by atoms with Crippen molar-refractivity contribution in [2.75, 3.05) is 10.8 Å². The average molecular weight is 311 g/mol. The van der Waals surface area contributed by atoms with Gasteiger partial charge in [-0.05, 0) is 35.0 Å². The van der Waals surface area contributed by atoms with Gasteiger partial charge in [-0.15, -0.1) is 11.6 Å². The van der Waals surface area contributed by atoms with Crippen molar-refractivity contribution >= 4 is 34.0 Å². The largest absolute Gasteiger partial charge is 0.305 e. The molecule has 3 rings (SSSR count). The van der Waals surface area contributed by atoms with Gasteiger partial charge in [0.25, 0.3) is 0 Å². The Bertz CT molecular complexity index is 789. The molecular weight excluding hydrogens is 296 g/mol. The van der Waals surface area contributed by atoms with Crippen molar-refractivity contribution in [1.82, 2.24) is 4.98 Å². The Morgan fingerprint density at radius 1 is 1.00 bits per heavy atom. The lowest BCUT2D eigenvalue weighted by Crippen LogP contribution is -2.31. The molecule has 0 spiro atoms. The van der Waals surface area contributed by atoms with Crippen molar-refractivity contribution in [1.29, 1.82) is 0 Å². The standard InChI is InChI=1S/C18H15ClN2O/c19-12-18(22)21(13-16-7-3-4-10-20-16)17-9-8-14-5-1-2-6-15(14)11-17/h1-11H,12-13H2. The second-order valence-electron chi connectivity index (χ2n) is 4.97. The third-order valence-electron chi connectivity index (χ3n) is 3.51. The molecule has 1 aromatic heterocycles. The second kappa shape index (κ2) is 6.58. The van der Waals surface area contributed by atoms with Crippen molar-refractivity contribution < 1.29 is 4.79 Å². The highest BCUT2D eigenvalue weighted by Gasteiger charge is 2.16. The molecule has 0 bridgehead atoms. The minimum absolute atomic E-state index is 0.0559. The summed E-state index contributed by atoms with van der Waals surface area (Å²) in [5, 5.41) is 2.23. The van der Waals surface area contributed by atoms with Crippen LogP contribution in [0.25, 0.3) is 10.8 Å². The molecule has 0 aliphatic rings. The van der Waals surface area contributed by atoms with Gasteiger partial charge in [0.05, 0.1) is 12.2 Å². The van der Waals surface area contributed by atoms with E-state index in [2.05, 4.69) is 4.98 Å². The van der Waals surface area contributed by atoms with E-state index in [9.17, 15) is 4.79 Å². The zero-order chi connectivity index (χ0) is 15.4. The van der Waals surface area contributed by atoms with Crippen LogP contribution in [0.4, 0.5) is 5.69 Å². The minimum atomic E-state index is -0.136. The molecule has 0 aliphatic heterocycles. The lowest BCUT2D eigenvalue weighted by atomic mass is 10.1. The lowest BCUT2D eigenvalue weighted by Gasteiger charge is -2.22. The van der Waals surface area contributed by atoms with Crippen LogP contribution in [0.5, 0.6) is 0 Å². The molecule has 0 unspecified atom stereocenters. The number of pyridine rings is 1. The number of amides is 1. The van der Waals surface area contributed by atoms with Crippen LogP contribution < -0.4 is 4.90 Å². The van der Waals surface area contributed by atoms with Gasteiger partial charge in [0.1, 0.15) is 5.88 Å². The summed E-state index contributed by atoms with van der Waals surface area (Å²) in [6.07, 6.45) is 1.72. The third kappa shape index (κ3) is 3.10. The molecule has 0 saturated heterocycles. The minimum Gasteiger partial charge on any atom is -0.305 e. The topological polar surface area (TPSA) is 33.2 Å². The van der Waals surface area contributed by atoms with Gasteiger partial charge in [0, 0.05) is 11.9 Å². The number of carbonyl (C=O) groups is 1. The van der Waals surface area contributed by atoms with Gasteiger partial charge in [-0.2, -0.15) is 0 Å². The van der Waals surface area contributed by atoms with E-state index in [-0.39, 0.29) is 11.8 Å². The number of anilines is 1. The first-order valence-corrected chi connectivity index (χ1v) is 7.56. The van der Waals surface area contributed by atoms with Gasteiger partial charge in [-0.1, -0.05) is 36.4 Å². The van der Waals surface area contributed by atoms with E-state index in [0.717, 1.165) is 22.2 Å². The number of benzene rings is 2. The first-order chi connectivity index (χ1) is 10.8. The van der Waals surface area contributed by atoms with Gasteiger partial charge < -0.3 is 4.90 Å². The summed E-state index contributed by atoms with van der Waals surface area (Å²) in [6, 6.07) is 19.7. The summed E-state index contributed by atoms with van der Waals surface area (Å²) in [7, 11) is 0. The van der Waals surface area contributed by atoms with Crippen LogP contribution in [-0.4, -0.2) is 16.8 Å². The van der Waals surface area contributed by atoms with Crippen molar-refractivity contribution in [3.05, 3.63) is 72.6 Å². The molecule has 4 heteroatoms. The first-order valence-electron chi connectivity index (χ1n) is 7.03. The highest BCUT2D eigenvalue weighted by molar-refractivity contribution is 6.29. The molecule has 1 amide bonds. The molecule has 0 N–H and O–H groups in total. The molecule has 3 nitrogen and oxygen atoms in total. The Balaban J connectivity index is 1.98. The molecule has 0 fully saturated rings. The number of rotatable bonds is 4. The molecule has 3 aromatic rings. The Labute approximate surface area is 134 Å². The number of nitrogens with zero attached hydrogens (tertiary/aromatic N) is 2. The van der Waals surface area contributed by atoms with E-state index in [0.29, 0.717) is 6.54 Å².